The summed E-state index contributed by atoms with van der Waals surface area (Å²) in [6.07, 6.45) is 3.66. The summed E-state index contributed by atoms with van der Waals surface area (Å²) in [7, 11) is -1.13. The first-order valence-electron chi connectivity index (χ1n) is 9.29. The molecule has 0 spiro atoms. The number of amides is 1. The van der Waals surface area contributed by atoms with Crippen LogP contribution in [-0.4, -0.2) is 45.3 Å². The van der Waals surface area contributed by atoms with Crippen molar-refractivity contribution < 1.29 is 22.7 Å². The van der Waals surface area contributed by atoms with E-state index in [0.717, 1.165) is 46.0 Å². The maximum absolute atomic E-state index is 12.7. The lowest BCUT2D eigenvalue weighted by molar-refractivity contribution is -0.116. The number of anilines is 1. The number of aryl methyl sites for hydroxylation is 2. The van der Waals surface area contributed by atoms with Crippen LogP contribution in [0.4, 0.5) is 5.00 Å². The molecule has 7 nitrogen and oxygen atoms in total. The van der Waals surface area contributed by atoms with Gasteiger partial charge in [-0.25, -0.2) is 13.2 Å². The lowest BCUT2D eigenvalue weighted by atomic mass is 9.95. The van der Waals surface area contributed by atoms with E-state index >= 15 is 0 Å². The fraction of sp³-hybridized carbons (Fsp3) is 0.400. The minimum Gasteiger partial charge on any atom is -0.465 e. The SMILES string of the molecule is COC(=O)c1c(NC(=O)CN(C)S(=O)(=O)c2ccc(C)cc2)sc2c1CCCC2. The molecule has 0 saturated carbocycles. The number of likely N-dealkylation sites (N-methyl/N-ethyl adjacent to an activating group) is 1. The Labute approximate surface area is 174 Å². The van der Waals surface area contributed by atoms with Gasteiger partial charge in [-0.2, -0.15) is 4.31 Å². The minimum absolute atomic E-state index is 0.125. The monoisotopic (exact) mass is 436 g/mol. The molecule has 1 N–H and O–H groups in total. The topological polar surface area (TPSA) is 92.8 Å². The van der Waals surface area contributed by atoms with E-state index in [2.05, 4.69) is 5.32 Å². The smallest absolute Gasteiger partial charge is 0.341 e. The molecule has 1 aromatic carbocycles. The van der Waals surface area contributed by atoms with Crippen LogP contribution in [0.15, 0.2) is 29.2 Å². The molecular formula is C20H24N2O5S2. The second kappa shape index (κ2) is 8.64. The van der Waals surface area contributed by atoms with Crippen LogP contribution >= 0.6 is 11.3 Å². The van der Waals surface area contributed by atoms with Crippen molar-refractivity contribution in [2.75, 3.05) is 26.0 Å². The van der Waals surface area contributed by atoms with Gasteiger partial charge in [0.2, 0.25) is 15.9 Å². The molecule has 9 heteroatoms. The molecule has 0 fully saturated rings. The summed E-state index contributed by atoms with van der Waals surface area (Å²) in [6, 6.07) is 6.45. The van der Waals surface area contributed by atoms with Gasteiger partial charge in [-0.15, -0.1) is 11.3 Å². The van der Waals surface area contributed by atoms with Crippen molar-refractivity contribution in [1.29, 1.82) is 0 Å². The second-order valence-electron chi connectivity index (χ2n) is 7.03. The molecular weight excluding hydrogens is 412 g/mol. The standard InChI is InChI=1S/C20H24N2O5S2/c1-13-8-10-14(11-9-13)29(25,26)22(2)12-17(23)21-19-18(20(24)27-3)15-6-4-5-7-16(15)28-19/h8-11H,4-7,12H2,1-3H3,(H,21,23). The van der Waals surface area contributed by atoms with E-state index in [-0.39, 0.29) is 11.4 Å². The van der Waals surface area contributed by atoms with Gasteiger partial charge in [-0.05, 0) is 50.3 Å². The summed E-state index contributed by atoms with van der Waals surface area (Å²) in [5.41, 5.74) is 2.27. The molecule has 0 radical (unpaired) electrons. The Morgan fingerprint density at radius 1 is 1.17 bits per heavy atom. The van der Waals surface area contributed by atoms with E-state index in [0.29, 0.717) is 10.6 Å². The van der Waals surface area contributed by atoms with Gasteiger partial charge in [-0.3, -0.25) is 4.79 Å². The van der Waals surface area contributed by atoms with Crippen LogP contribution < -0.4 is 5.32 Å². The van der Waals surface area contributed by atoms with Crippen LogP contribution in [0.1, 0.15) is 39.2 Å². The Hall–Kier alpha value is -2.23. The Bertz CT molecular complexity index is 1030. The number of fused-ring (bicyclic) bond motifs is 1. The Balaban J connectivity index is 1.78. The van der Waals surface area contributed by atoms with Crippen molar-refractivity contribution in [3.05, 3.63) is 45.8 Å². The van der Waals surface area contributed by atoms with Gasteiger partial charge in [0.15, 0.2) is 0 Å². The first-order valence-corrected chi connectivity index (χ1v) is 11.6. The van der Waals surface area contributed by atoms with Crippen LogP contribution in [0.25, 0.3) is 0 Å². The third-order valence-electron chi connectivity index (χ3n) is 4.91. The molecule has 2 aromatic rings. The Morgan fingerprint density at radius 3 is 2.48 bits per heavy atom. The number of hydrogen-bond acceptors (Lipinski definition) is 6. The third-order valence-corrected chi connectivity index (χ3v) is 7.93. The van der Waals surface area contributed by atoms with Gasteiger partial charge >= 0.3 is 5.97 Å². The number of thiophene rings is 1. The number of nitrogens with zero attached hydrogens (tertiary/aromatic N) is 1. The summed E-state index contributed by atoms with van der Waals surface area (Å²) in [6.45, 7) is 1.51. The number of methoxy groups -OCH3 is 1. The quantitative estimate of drug-likeness (QED) is 0.703. The van der Waals surface area contributed by atoms with Crippen molar-refractivity contribution in [2.45, 2.75) is 37.5 Å². The number of carbonyl (C=O) groups excluding carboxylic acids is 2. The van der Waals surface area contributed by atoms with Gasteiger partial charge in [0, 0.05) is 11.9 Å². The van der Waals surface area contributed by atoms with Crippen LogP contribution in [0.3, 0.4) is 0 Å². The molecule has 0 aliphatic heterocycles. The van der Waals surface area contributed by atoms with Crippen molar-refractivity contribution in [2.24, 2.45) is 0 Å². The Kier molecular flexibility index (Phi) is 6.40. The molecule has 1 aromatic heterocycles. The lowest BCUT2D eigenvalue weighted by Gasteiger charge is -2.17. The molecule has 1 aliphatic carbocycles. The maximum atomic E-state index is 12.7. The minimum atomic E-state index is -3.79. The summed E-state index contributed by atoms with van der Waals surface area (Å²) >= 11 is 1.37. The zero-order valence-corrected chi connectivity index (χ0v) is 18.3. The predicted octanol–water partition coefficient (Wildman–Crippen LogP) is 2.98. The molecule has 0 atom stereocenters. The van der Waals surface area contributed by atoms with Gasteiger partial charge < -0.3 is 10.1 Å². The summed E-state index contributed by atoms with van der Waals surface area (Å²) in [4.78, 5) is 26.0. The molecule has 1 heterocycles. The normalized spacial score (nSPS) is 13.8. The fourth-order valence-corrected chi connectivity index (χ4v) is 5.74. The number of benzene rings is 1. The van der Waals surface area contributed by atoms with Gasteiger partial charge in [0.05, 0.1) is 24.1 Å². The number of rotatable bonds is 6. The van der Waals surface area contributed by atoms with Crippen LogP contribution in [0, 0.1) is 6.92 Å². The molecule has 29 heavy (non-hydrogen) atoms. The average molecular weight is 437 g/mol. The lowest BCUT2D eigenvalue weighted by Crippen LogP contribution is -2.35. The predicted molar refractivity (Wildman–Crippen MR) is 112 cm³/mol. The summed E-state index contributed by atoms with van der Waals surface area (Å²) < 4.78 is 31.3. The van der Waals surface area contributed by atoms with Gasteiger partial charge in [0.25, 0.3) is 0 Å². The highest BCUT2D eigenvalue weighted by Gasteiger charge is 2.28. The van der Waals surface area contributed by atoms with Crippen LogP contribution in [0.5, 0.6) is 0 Å². The maximum Gasteiger partial charge on any atom is 0.341 e. The number of carbonyl (C=O) groups is 2. The zero-order chi connectivity index (χ0) is 21.2. The molecule has 0 saturated heterocycles. The first kappa shape index (κ1) is 21.5. The third kappa shape index (κ3) is 4.52. The van der Waals surface area contributed by atoms with E-state index in [1.165, 1.54) is 37.6 Å². The number of nitrogens with one attached hydrogen (secondary N) is 1. The molecule has 156 valence electrons. The van der Waals surface area contributed by atoms with E-state index < -0.39 is 21.9 Å². The first-order chi connectivity index (χ1) is 13.7. The molecule has 0 unspecified atom stereocenters. The van der Waals surface area contributed by atoms with Crippen molar-refractivity contribution >= 4 is 38.2 Å². The van der Waals surface area contributed by atoms with Crippen molar-refractivity contribution in [1.82, 2.24) is 4.31 Å². The molecule has 0 bridgehead atoms. The number of esters is 1. The van der Waals surface area contributed by atoms with Crippen molar-refractivity contribution in [3.8, 4) is 0 Å². The van der Waals surface area contributed by atoms with E-state index in [9.17, 15) is 18.0 Å². The highest BCUT2D eigenvalue weighted by molar-refractivity contribution is 7.89. The number of ether oxygens (including phenoxy) is 1. The van der Waals surface area contributed by atoms with Crippen LogP contribution in [-0.2, 0) is 32.4 Å². The number of sulfonamides is 1. The van der Waals surface area contributed by atoms with Gasteiger partial charge in [0.1, 0.15) is 5.00 Å². The molecule has 1 amide bonds. The summed E-state index contributed by atoms with van der Waals surface area (Å²) in [5.74, 6) is -0.993. The zero-order valence-electron chi connectivity index (χ0n) is 16.6. The largest absolute Gasteiger partial charge is 0.465 e. The van der Waals surface area contributed by atoms with E-state index in [1.54, 1.807) is 12.1 Å². The average Bonchev–Trinajstić information content (AvgIpc) is 3.05. The molecule has 3 rings (SSSR count). The van der Waals surface area contributed by atoms with Crippen molar-refractivity contribution in [3.63, 3.8) is 0 Å². The highest BCUT2D eigenvalue weighted by Crippen LogP contribution is 2.38. The second-order valence-corrected chi connectivity index (χ2v) is 10.2. The summed E-state index contributed by atoms with van der Waals surface area (Å²) in [5, 5.41) is 3.15. The fourth-order valence-electron chi connectivity index (χ4n) is 3.32. The van der Waals surface area contributed by atoms with E-state index in [4.69, 9.17) is 4.74 Å². The Morgan fingerprint density at radius 2 is 1.83 bits per heavy atom. The van der Waals surface area contributed by atoms with Crippen LogP contribution in [0.2, 0.25) is 0 Å². The van der Waals surface area contributed by atoms with Gasteiger partial charge in [-0.1, -0.05) is 17.7 Å². The highest BCUT2D eigenvalue weighted by atomic mass is 32.2. The number of hydrogen-bond donors (Lipinski definition) is 1. The molecule has 1 aliphatic rings. The van der Waals surface area contributed by atoms with E-state index in [1.807, 2.05) is 6.92 Å².